The van der Waals surface area contributed by atoms with Crippen molar-refractivity contribution in [1.82, 2.24) is 0 Å². The minimum Gasteiger partial charge on any atom is -0.467 e. The maximum Gasteiger partial charge on any atom is 0.0993 e. The van der Waals surface area contributed by atoms with Crippen LogP contribution in [0.1, 0.15) is 91.9 Å². The molecule has 112 valence electrons. The van der Waals surface area contributed by atoms with Gasteiger partial charge in [-0.3, -0.25) is 0 Å². The van der Waals surface area contributed by atoms with E-state index in [1.165, 1.54) is 51.4 Å². The Bertz CT molecular complexity index is 224. The van der Waals surface area contributed by atoms with E-state index in [-0.39, 0.29) is 0 Å². The van der Waals surface area contributed by atoms with E-state index in [9.17, 15) is 0 Å². The van der Waals surface area contributed by atoms with Crippen LogP contribution in [0.3, 0.4) is 0 Å². The topological polar surface area (TPSA) is 9.23 Å². The van der Waals surface area contributed by atoms with Crippen molar-refractivity contribution in [2.75, 3.05) is 0 Å². The molecule has 0 radical (unpaired) electrons. The molecule has 0 bridgehead atoms. The molecule has 0 atom stereocenters. The average molecular weight is 266 g/mol. The van der Waals surface area contributed by atoms with Gasteiger partial charge >= 0.3 is 0 Å². The Kier molecular flexibility index (Phi) is 13.2. The molecule has 0 unspecified atom stereocenters. The quantitative estimate of drug-likeness (QED) is 0.280. The fraction of sp³-hybridized carbons (Fsp3) is 0.778. The first kappa shape index (κ1) is 18.3. The molecule has 0 fully saturated rings. The van der Waals surface area contributed by atoms with Crippen LogP contribution in [-0.2, 0) is 4.74 Å². The summed E-state index contributed by atoms with van der Waals surface area (Å²) in [5.74, 6) is 2.30. The van der Waals surface area contributed by atoms with E-state index >= 15 is 0 Å². The first-order valence-electron chi connectivity index (χ1n) is 8.26. The molecule has 0 aliphatic heterocycles. The fourth-order valence-electron chi connectivity index (χ4n) is 2.13. The summed E-state index contributed by atoms with van der Waals surface area (Å²) in [4.78, 5) is 0. The van der Waals surface area contributed by atoms with Crippen LogP contribution >= 0.6 is 0 Å². The predicted molar refractivity (Wildman–Crippen MR) is 86.1 cm³/mol. The Morgan fingerprint density at radius 2 is 1.11 bits per heavy atom. The van der Waals surface area contributed by atoms with Gasteiger partial charge in [0.2, 0.25) is 0 Å². The SMILES string of the molecule is CC=C(CCCCCC)OC(=CC)CCCCCC. The van der Waals surface area contributed by atoms with Gasteiger partial charge in [0.15, 0.2) is 0 Å². The molecule has 0 aromatic rings. The lowest BCUT2D eigenvalue weighted by atomic mass is 10.1. The van der Waals surface area contributed by atoms with Gasteiger partial charge in [0.1, 0.15) is 0 Å². The zero-order valence-corrected chi connectivity index (χ0v) is 13.6. The van der Waals surface area contributed by atoms with Crippen LogP contribution < -0.4 is 0 Å². The molecular weight excluding hydrogens is 232 g/mol. The van der Waals surface area contributed by atoms with Gasteiger partial charge in [-0.2, -0.15) is 0 Å². The number of allylic oxidation sites excluding steroid dienone is 4. The highest BCUT2D eigenvalue weighted by Gasteiger charge is 2.03. The Hall–Kier alpha value is -0.720. The van der Waals surface area contributed by atoms with Gasteiger partial charge in [-0.15, -0.1) is 0 Å². The van der Waals surface area contributed by atoms with Crippen LogP contribution in [0.4, 0.5) is 0 Å². The smallest absolute Gasteiger partial charge is 0.0993 e. The predicted octanol–water partition coefficient (Wildman–Crippen LogP) is 6.75. The molecule has 0 amide bonds. The monoisotopic (exact) mass is 266 g/mol. The molecule has 0 saturated carbocycles. The Labute approximate surface area is 121 Å². The zero-order valence-electron chi connectivity index (χ0n) is 13.6. The zero-order chi connectivity index (χ0) is 14.3. The third kappa shape index (κ3) is 10.9. The molecule has 1 nitrogen and oxygen atoms in total. The van der Waals surface area contributed by atoms with Gasteiger partial charge in [0.05, 0.1) is 11.5 Å². The molecular formula is C18H34O. The average Bonchev–Trinajstić information content (AvgIpc) is 2.44. The van der Waals surface area contributed by atoms with Crippen molar-refractivity contribution >= 4 is 0 Å². The van der Waals surface area contributed by atoms with Crippen molar-refractivity contribution < 1.29 is 4.74 Å². The Morgan fingerprint density at radius 1 is 0.684 bits per heavy atom. The van der Waals surface area contributed by atoms with Crippen molar-refractivity contribution in [1.29, 1.82) is 0 Å². The van der Waals surface area contributed by atoms with Crippen molar-refractivity contribution in [2.45, 2.75) is 91.9 Å². The maximum absolute atomic E-state index is 6.03. The summed E-state index contributed by atoms with van der Waals surface area (Å²) in [7, 11) is 0. The molecule has 0 aliphatic rings. The third-order valence-corrected chi connectivity index (χ3v) is 3.46. The minimum atomic E-state index is 1.09. The molecule has 19 heavy (non-hydrogen) atoms. The third-order valence-electron chi connectivity index (χ3n) is 3.46. The first-order valence-corrected chi connectivity index (χ1v) is 8.26. The first-order chi connectivity index (χ1) is 9.28. The van der Waals surface area contributed by atoms with Gasteiger partial charge in [0.25, 0.3) is 0 Å². The summed E-state index contributed by atoms with van der Waals surface area (Å²) < 4.78 is 6.03. The summed E-state index contributed by atoms with van der Waals surface area (Å²) in [6, 6.07) is 0. The van der Waals surface area contributed by atoms with E-state index < -0.39 is 0 Å². The number of unbranched alkanes of at least 4 members (excludes halogenated alkanes) is 6. The van der Waals surface area contributed by atoms with Crippen molar-refractivity contribution in [3.63, 3.8) is 0 Å². The van der Waals surface area contributed by atoms with Crippen LogP contribution in [0.25, 0.3) is 0 Å². The van der Waals surface area contributed by atoms with E-state index in [4.69, 9.17) is 4.74 Å². The van der Waals surface area contributed by atoms with Crippen molar-refractivity contribution in [3.05, 3.63) is 23.7 Å². The van der Waals surface area contributed by atoms with Crippen molar-refractivity contribution in [3.8, 4) is 0 Å². The molecule has 0 aromatic carbocycles. The lowest BCUT2D eigenvalue weighted by molar-refractivity contribution is 0.269. The van der Waals surface area contributed by atoms with E-state index in [1.54, 1.807) is 0 Å². The Balaban J connectivity index is 3.91. The van der Waals surface area contributed by atoms with Crippen LogP contribution in [0.15, 0.2) is 23.7 Å². The number of hydrogen-bond donors (Lipinski definition) is 0. The van der Waals surface area contributed by atoms with Crippen LogP contribution in [0.2, 0.25) is 0 Å². The van der Waals surface area contributed by atoms with Crippen LogP contribution in [0, 0.1) is 0 Å². The number of rotatable bonds is 12. The maximum atomic E-state index is 6.03. The second kappa shape index (κ2) is 13.7. The molecule has 0 heterocycles. The van der Waals surface area contributed by atoms with Gasteiger partial charge < -0.3 is 4.74 Å². The largest absolute Gasteiger partial charge is 0.467 e. The van der Waals surface area contributed by atoms with Crippen molar-refractivity contribution in [2.24, 2.45) is 0 Å². The molecule has 0 aliphatic carbocycles. The normalized spacial score (nSPS) is 12.8. The highest BCUT2D eigenvalue weighted by Crippen LogP contribution is 2.19. The minimum absolute atomic E-state index is 1.09. The van der Waals surface area contributed by atoms with Gasteiger partial charge in [-0.05, 0) is 38.8 Å². The summed E-state index contributed by atoms with van der Waals surface area (Å²) in [5, 5.41) is 0. The van der Waals surface area contributed by atoms with E-state index in [0.29, 0.717) is 0 Å². The second-order valence-corrected chi connectivity index (χ2v) is 5.23. The highest BCUT2D eigenvalue weighted by atomic mass is 16.5. The Morgan fingerprint density at radius 3 is 1.42 bits per heavy atom. The van der Waals surface area contributed by atoms with E-state index in [1.807, 2.05) is 0 Å². The van der Waals surface area contributed by atoms with Gasteiger partial charge in [0, 0.05) is 12.8 Å². The van der Waals surface area contributed by atoms with Gasteiger partial charge in [-0.25, -0.2) is 0 Å². The second-order valence-electron chi connectivity index (χ2n) is 5.23. The molecule has 0 spiro atoms. The summed E-state index contributed by atoms with van der Waals surface area (Å²) in [6.45, 7) is 8.67. The number of ether oxygens (including phenoxy) is 1. The molecule has 1 heteroatoms. The lowest BCUT2D eigenvalue weighted by Crippen LogP contribution is -1.95. The molecule has 0 saturated heterocycles. The van der Waals surface area contributed by atoms with E-state index in [0.717, 1.165) is 24.4 Å². The summed E-state index contributed by atoms with van der Waals surface area (Å²) >= 11 is 0. The van der Waals surface area contributed by atoms with E-state index in [2.05, 4.69) is 39.8 Å². The van der Waals surface area contributed by atoms with Crippen LogP contribution in [0.5, 0.6) is 0 Å². The highest BCUT2D eigenvalue weighted by molar-refractivity contribution is 5.00. The molecule has 0 rings (SSSR count). The lowest BCUT2D eigenvalue weighted by Gasteiger charge is -2.13. The molecule has 0 N–H and O–H groups in total. The summed E-state index contributed by atoms with van der Waals surface area (Å²) in [6.07, 6.45) is 16.8. The standard InChI is InChI=1S/C18H34O/c1-5-9-11-13-15-17(7-3)19-18(8-4)16-14-12-10-6-2/h7-8H,5-6,9-16H2,1-4H3. The summed E-state index contributed by atoms with van der Waals surface area (Å²) in [5.41, 5.74) is 0. The number of hydrogen-bond acceptors (Lipinski definition) is 1. The molecule has 0 aromatic heterocycles. The fourth-order valence-corrected chi connectivity index (χ4v) is 2.13. The van der Waals surface area contributed by atoms with Crippen LogP contribution in [-0.4, -0.2) is 0 Å². The van der Waals surface area contributed by atoms with Gasteiger partial charge in [-0.1, -0.05) is 52.4 Å².